The van der Waals surface area contributed by atoms with Crippen molar-refractivity contribution in [2.75, 3.05) is 7.11 Å². The molecule has 32 heavy (non-hydrogen) atoms. The third-order valence-electron chi connectivity index (χ3n) is 5.32. The number of rotatable bonds is 5. The molecule has 1 fully saturated rings. The topological polar surface area (TPSA) is 70.4 Å². The van der Waals surface area contributed by atoms with Crippen LogP contribution in [-0.4, -0.2) is 35.9 Å². The molecular weight excluding hydrogens is 409 g/mol. The van der Waals surface area contributed by atoms with E-state index in [0.29, 0.717) is 16.9 Å². The predicted octanol–water partition coefficient (Wildman–Crippen LogP) is 3.16. The molecule has 2 amide bonds. The molecule has 0 saturated carbocycles. The Morgan fingerprint density at radius 1 is 1.09 bits per heavy atom. The van der Waals surface area contributed by atoms with Gasteiger partial charge in [0.1, 0.15) is 11.6 Å². The monoisotopic (exact) mass is 432 g/mol. The van der Waals surface area contributed by atoms with Crippen molar-refractivity contribution in [3.63, 3.8) is 0 Å². The molecule has 2 N–H and O–H groups in total. The van der Waals surface area contributed by atoms with Gasteiger partial charge in [-0.05, 0) is 67.6 Å². The average molecular weight is 432 g/mol. The van der Waals surface area contributed by atoms with Crippen molar-refractivity contribution < 1.29 is 23.4 Å². The number of hydrogen-bond acceptors (Lipinski definition) is 3. The van der Waals surface area contributed by atoms with Gasteiger partial charge in [0.05, 0.1) is 7.11 Å². The summed E-state index contributed by atoms with van der Waals surface area (Å²) < 4.78 is 20.2. The van der Waals surface area contributed by atoms with Crippen LogP contribution in [-0.2, 0) is 4.79 Å². The summed E-state index contributed by atoms with van der Waals surface area (Å²) in [5, 5.41) is 2.87. The number of nitrogens with one attached hydrogen (secondary N) is 2. The van der Waals surface area contributed by atoms with Crippen molar-refractivity contribution in [2.45, 2.75) is 19.0 Å². The van der Waals surface area contributed by atoms with E-state index in [0.717, 1.165) is 11.1 Å². The van der Waals surface area contributed by atoms with Gasteiger partial charge in [0, 0.05) is 16.7 Å². The Hall–Kier alpha value is -4.00. The molecule has 0 aliphatic carbocycles. The lowest BCUT2D eigenvalue weighted by molar-refractivity contribution is -0.596. The Bertz CT molecular complexity index is 1170. The van der Waals surface area contributed by atoms with Crippen molar-refractivity contribution in [2.24, 2.45) is 0 Å². The summed E-state index contributed by atoms with van der Waals surface area (Å²) in [5.74, 6) is -0.343. The Kier molecular flexibility index (Phi) is 5.98. The molecule has 0 aromatic heterocycles. The van der Waals surface area contributed by atoms with E-state index in [1.807, 2.05) is 25.1 Å². The number of amides is 2. The molecule has 0 spiro atoms. The van der Waals surface area contributed by atoms with Crippen molar-refractivity contribution in [1.29, 1.82) is 0 Å². The van der Waals surface area contributed by atoms with Crippen LogP contribution in [0.25, 0.3) is 0 Å². The minimum absolute atomic E-state index is 0.337. The van der Waals surface area contributed by atoms with Gasteiger partial charge >= 0.3 is 5.91 Å². The second-order valence-corrected chi connectivity index (χ2v) is 7.60. The number of methoxy groups -OCH3 is 1. The molecule has 1 saturated heterocycles. The fourth-order valence-corrected chi connectivity index (χ4v) is 3.70. The molecule has 1 heterocycles. The number of benzene rings is 3. The lowest BCUT2D eigenvalue weighted by Crippen LogP contribution is -2.42. The first-order valence-corrected chi connectivity index (χ1v) is 10.2. The SMILES string of the molecule is COc1ccc([C@@H]2[C@@H](NC(=O)c3cccc(C)c3)C(=O)N/[N+]2=C\c2ccc(F)cc2)cc1. The van der Waals surface area contributed by atoms with Crippen LogP contribution in [0.1, 0.15) is 33.1 Å². The highest BCUT2D eigenvalue weighted by molar-refractivity contribution is 5.98. The van der Waals surface area contributed by atoms with Gasteiger partial charge in [-0.25, -0.2) is 4.39 Å². The van der Waals surface area contributed by atoms with Gasteiger partial charge in [-0.1, -0.05) is 17.7 Å². The fraction of sp³-hybridized carbons (Fsp3) is 0.160. The number of ether oxygens (including phenoxy) is 1. The minimum Gasteiger partial charge on any atom is -0.497 e. The Morgan fingerprint density at radius 3 is 2.47 bits per heavy atom. The Balaban J connectivity index is 1.70. The van der Waals surface area contributed by atoms with Gasteiger partial charge < -0.3 is 10.1 Å². The lowest BCUT2D eigenvalue weighted by atomic mass is 9.99. The number of hydrogen-bond donors (Lipinski definition) is 2. The van der Waals surface area contributed by atoms with Crippen LogP contribution in [0, 0.1) is 12.7 Å². The maximum absolute atomic E-state index is 13.3. The molecule has 7 heteroatoms. The molecular formula is C25H23FN3O3+. The van der Waals surface area contributed by atoms with E-state index in [1.54, 1.807) is 60.5 Å². The number of aryl methyl sites for hydroxylation is 1. The maximum atomic E-state index is 13.3. The molecule has 6 nitrogen and oxygen atoms in total. The third kappa shape index (κ3) is 4.51. The first kappa shape index (κ1) is 21.2. The van der Waals surface area contributed by atoms with Crippen LogP contribution in [0.15, 0.2) is 72.8 Å². The molecule has 3 aromatic carbocycles. The molecule has 3 aromatic rings. The van der Waals surface area contributed by atoms with E-state index < -0.39 is 12.1 Å². The van der Waals surface area contributed by atoms with Crippen LogP contribution in [0.3, 0.4) is 0 Å². The molecule has 0 unspecified atom stereocenters. The first-order valence-electron chi connectivity index (χ1n) is 10.2. The van der Waals surface area contributed by atoms with Crippen LogP contribution in [0.4, 0.5) is 4.39 Å². The molecule has 2 atom stereocenters. The van der Waals surface area contributed by atoms with Crippen LogP contribution >= 0.6 is 0 Å². The summed E-state index contributed by atoms with van der Waals surface area (Å²) in [4.78, 5) is 25.8. The van der Waals surface area contributed by atoms with E-state index in [9.17, 15) is 14.0 Å². The second kappa shape index (κ2) is 9.01. The zero-order chi connectivity index (χ0) is 22.7. The molecule has 4 rings (SSSR count). The molecule has 1 aliphatic rings. The highest BCUT2D eigenvalue weighted by Crippen LogP contribution is 2.27. The summed E-state index contributed by atoms with van der Waals surface area (Å²) in [5.41, 5.74) is 5.75. The summed E-state index contributed by atoms with van der Waals surface area (Å²) in [6.07, 6.45) is 1.71. The highest BCUT2D eigenvalue weighted by atomic mass is 19.1. The third-order valence-corrected chi connectivity index (χ3v) is 5.32. The lowest BCUT2D eigenvalue weighted by Gasteiger charge is -2.15. The summed E-state index contributed by atoms with van der Waals surface area (Å²) in [6.45, 7) is 1.90. The van der Waals surface area contributed by atoms with E-state index in [2.05, 4.69) is 10.7 Å². The number of carbonyl (C=O) groups is 2. The average Bonchev–Trinajstić information content (AvgIpc) is 3.09. The van der Waals surface area contributed by atoms with Gasteiger partial charge in [0.2, 0.25) is 12.3 Å². The largest absolute Gasteiger partial charge is 0.497 e. The summed E-state index contributed by atoms with van der Waals surface area (Å²) in [7, 11) is 1.58. The first-order chi connectivity index (χ1) is 15.4. The molecule has 0 radical (unpaired) electrons. The van der Waals surface area contributed by atoms with Gasteiger partial charge in [0.15, 0.2) is 6.04 Å². The maximum Gasteiger partial charge on any atom is 0.304 e. The van der Waals surface area contributed by atoms with E-state index in [1.165, 1.54) is 12.1 Å². The summed E-state index contributed by atoms with van der Waals surface area (Å²) in [6, 6.07) is 19.0. The Labute approximate surface area is 185 Å². The standard InChI is InChI=1S/C25H22FN3O3/c1-16-4-3-5-19(14-16)24(30)27-22-23(18-8-12-21(32-2)13-9-18)29(28-25(22)31)15-17-6-10-20(26)11-7-17/h3-15,22-23H,1-2H3,(H-,27,28,30,31)/p+1/b29-15-/t22-,23-/m1/s1. The molecule has 0 bridgehead atoms. The van der Waals surface area contributed by atoms with Gasteiger partial charge in [0.25, 0.3) is 5.91 Å². The fourth-order valence-electron chi connectivity index (χ4n) is 3.70. The zero-order valence-corrected chi connectivity index (χ0v) is 17.7. The molecule has 162 valence electrons. The normalized spacial score (nSPS) is 19.0. The smallest absolute Gasteiger partial charge is 0.304 e. The van der Waals surface area contributed by atoms with Crippen molar-refractivity contribution in [3.05, 3.63) is 101 Å². The van der Waals surface area contributed by atoms with Gasteiger partial charge in [-0.2, -0.15) is 0 Å². The number of hydrazine groups is 1. The number of carbonyl (C=O) groups excluding carboxylic acids is 2. The van der Waals surface area contributed by atoms with Gasteiger partial charge in [-0.3, -0.25) is 9.59 Å². The number of halogens is 1. The molecule has 1 aliphatic heterocycles. The minimum atomic E-state index is -0.840. The zero-order valence-electron chi connectivity index (χ0n) is 17.7. The van der Waals surface area contributed by atoms with E-state index >= 15 is 0 Å². The van der Waals surface area contributed by atoms with Crippen LogP contribution in [0.2, 0.25) is 0 Å². The quantitative estimate of drug-likeness (QED) is 0.609. The summed E-state index contributed by atoms with van der Waals surface area (Å²) >= 11 is 0. The van der Waals surface area contributed by atoms with Crippen LogP contribution < -0.4 is 15.5 Å². The number of hydrazone groups is 1. The highest BCUT2D eigenvalue weighted by Gasteiger charge is 2.47. The van der Waals surface area contributed by atoms with E-state index in [4.69, 9.17) is 4.74 Å². The van der Waals surface area contributed by atoms with Gasteiger partial charge in [-0.15, -0.1) is 10.1 Å². The number of nitrogens with zero attached hydrogens (tertiary/aromatic N) is 1. The second-order valence-electron chi connectivity index (χ2n) is 7.60. The van der Waals surface area contributed by atoms with Crippen LogP contribution in [0.5, 0.6) is 5.75 Å². The van der Waals surface area contributed by atoms with Crippen molar-refractivity contribution in [3.8, 4) is 5.75 Å². The van der Waals surface area contributed by atoms with Crippen molar-refractivity contribution >= 4 is 18.0 Å². The van der Waals surface area contributed by atoms with Crippen molar-refractivity contribution in [1.82, 2.24) is 10.7 Å². The van der Waals surface area contributed by atoms with E-state index in [-0.39, 0.29) is 17.6 Å². The predicted molar refractivity (Wildman–Crippen MR) is 118 cm³/mol. The Morgan fingerprint density at radius 2 is 1.81 bits per heavy atom.